The minimum Gasteiger partial charge on any atom is -0.293 e. The number of thiocarbonyl (C=S) groups is 1. The molecule has 0 unspecified atom stereocenters. The highest BCUT2D eigenvalue weighted by atomic mass is 32.2. The Hall–Kier alpha value is -0.620. The van der Waals surface area contributed by atoms with Crippen LogP contribution in [-0.2, 0) is 5.75 Å². The van der Waals surface area contributed by atoms with Crippen molar-refractivity contribution in [3.8, 4) is 0 Å². The van der Waals surface area contributed by atoms with Gasteiger partial charge in [-0.3, -0.25) is 11.3 Å². The summed E-state index contributed by atoms with van der Waals surface area (Å²) in [5, 5.41) is 0. The maximum absolute atomic E-state index is 5.04. The van der Waals surface area contributed by atoms with Crippen LogP contribution in [0.1, 0.15) is 5.56 Å². The number of thioether (sulfide) groups is 1. The zero-order valence-corrected chi connectivity index (χ0v) is 8.62. The molecule has 0 fully saturated rings. The van der Waals surface area contributed by atoms with Crippen LogP contribution in [0.4, 0.5) is 0 Å². The van der Waals surface area contributed by atoms with Gasteiger partial charge in [0.1, 0.15) is 4.32 Å². The first kappa shape index (κ1) is 10.5. The lowest BCUT2D eigenvalue weighted by atomic mass is 10.2. The van der Waals surface area contributed by atoms with Gasteiger partial charge in [-0.25, -0.2) is 0 Å². The molecule has 1 rings (SSSR count). The number of benzene rings is 1. The van der Waals surface area contributed by atoms with E-state index in [0.717, 1.165) is 5.75 Å². The van der Waals surface area contributed by atoms with Crippen molar-refractivity contribution in [3.05, 3.63) is 35.9 Å². The Kier molecular flexibility index (Phi) is 4.77. The average molecular weight is 213 g/mol. The molecule has 0 aliphatic carbocycles. The van der Waals surface area contributed by atoms with Crippen LogP contribution in [0, 0.1) is 0 Å². The standard InChI is InChI=1S/C8H11N3S2/c9-11-10-8(12)13-6-7-4-2-1-3-5-7/h1-5,11H,6,9H2,(H,10,12). The summed E-state index contributed by atoms with van der Waals surface area (Å²) in [7, 11) is 0. The molecule has 4 N–H and O–H groups in total. The molecule has 5 heteroatoms. The minimum atomic E-state index is 0.645. The highest BCUT2D eigenvalue weighted by molar-refractivity contribution is 8.22. The molecule has 13 heavy (non-hydrogen) atoms. The van der Waals surface area contributed by atoms with E-state index in [1.165, 1.54) is 17.3 Å². The second kappa shape index (κ2) is 5.93. The maximum Gasteiger partial charge on any atom is 0.149 e. The first-order chi connectivity index (χ1) is 6.33. The number of nitrogens with one attached hydrogen (secondary N) is 2. The Balaban J connectivity index is 2.31. The molecule has 1 aromatic carbocycles. The Bertz CT molecular complexity index is 263. The first-order valence-corrected chi connectivity index (χ1v) is 5.14. The molecule has 0 saturated carbocycles. The van der Waals surface area contributed by atoms with Gasteiger partial charge in [0, 0.05) is 5.75 Å². The van der Waals surface area contributed by atoms with Crippen molar-refractivity contribution < 1.29 is 0 Å². The van der Waals surface area contributed by atoms with E-state index in [1.54, 1.807) is 0 Å². The van der Waals surface area contributed by atoms with E-state index < -0.39 is 0 Å². The molecule has 0 aliphatic rings. The molecule has 0 aromatic heterocycles. The molecule has 0 heterocycles. The van der Waals surface area contributed by atoms with Crippen LogP contribution in [0.5, 0.6) is 0 Å². The molecule has 0 atom stereocenters. The molecule has 0 spiro atoms. The molecule has 3 nitrogen and oxygen atoms in total. The van der Waals surface area contributed by atoms with E-state index >= 15 is 0 Å². The minimum absolute atomic E-state index is 0.645. The van der Waals surface area contributed by atoms with Crippen LogP contribution in [0.25, 0.3) is 0 Å². The van der Waals surface area contributed by atoms with Gasteiger partial charge in [0.25, 0.3) is 0 Å². The van der Waals surface area contributed by atoms with Crippen LogP contribution in [0.2, 0.25) is 0 Å². The molecule has 70 valence electrons. The van der Waals surface area contributed by atoms with E-state index in [4.69, 9.17) is 18.1 Å². The lowest BCUT2D eigenvalue weighted by Gasteiger charge is -2.04. The smallest absolute Gasteiger partial charge is 0.149 e. The Labute approximate surface area is 87.0 Å². The van der Waals surface area contributed by atoms with Gasteiger partial charge in [0.05, 0.1) is 0 Å². The van der Waals surface area contributed by atoms with Gasteiger partial charge in [-0.15, -0.1) is 0 Å². The van der Waals surface area contributed by atoms with Gasteiger partial charge in [0.2, 0.25) is 0 Å². The third-order valence-electron chi connectivity index (χ3n) is 1.39. The van der Waals surface area contributed by atoms with Crippen LogP contribution >= 0.6 is 24.0 Å². The highest BCUT2D eigenvalue weighted by Gasteiger charge is 1.96. The van der Waals surface area contributed by atoms with Crippen molar-refractivity contribution in [3.63, 3.8) is 0 Å². The van der Waals surface area contributed by atoms with Gasteiger partial charge in [0.15, 0.2) is 0 Å². The van der Waals surface area contributed by atoms with Crippen molar-refractivity contribution in [2.45, 2.75) is 5.75 Å². The van der Waals surface area contributed by atoms with Crippen molar-refractivity contribution in [2.24, 2.45) is 5.84 Å². The molecule has 0 aliphatic heterocycles. The van der Waals surface area contributed by atoms with Gasteiger partial charge in [-0.05, 0) is 5.56 Å². The molecular weight excluding hydrogens is 202 g/mol. The molecule has 0 saturated heterocycles. The Morgan fingerprint density at radius 1 is 1.38 bits per heavy atom. The average Bonchev–Trinajstić information content (AvgIpc) is 2.17. The predicted molar refractivity (Wildman–Crippen MR) is 60.8 cm³/mol. The number of hydrogen-bond acceptors (Lipinski definition) is 4. The fraction of sp³-hybridized carbons (Fsp3) is 0.125. The molecule has 0 bridgehead atoms. The summed E-state index contributed by atoms with van der Waals surface area (Å²) < 4.78 is 0.645. The number of hydrazine groups is 2. The largest absolute Gasteiger partial charge is 0.293 e. The third-order valence-corrected chi connectivity index (χ3v) is 2.68. The van der Waals surface area contributed by atoms with Crippen LogP contribution in [0.15, 0.2) is 30.3 Å². The lowest BCUT2D eigenvalue weighted by molar-refractivity contribution is 0.709. The second-order valence-electron chi connectivity index (χ2n) is 2.33. The Morgan fingerprint density at radius 2 is 2.08 bits per heavy atom. The van der Waals surface area contributed by atoms with Crippen molar-refractivity contribution in [1.29, 1.82) is 0 Å². The molecule has 1 aromatic rings. The van der Waals surface area contributed by atoms with Crippen molar-refractivity contribution in [1.82, 2.24) is 11.0 Å². The lowest BCUT2D eigenvalue weighted by Crippen LogP contribution is -2.39. The van der Waals surface area contributed by atoms with E-state index in [1.807, 2.05) is 18.2 Å². The molecule has 0 radical (unpaired) electrons. The summed E-state index contributed by atoms with van der Waals surface area (Å²) in [6.07, 6.45) is 0. The van der Waals surface area contributed by atoms with Gasteiger partial charge in [-0.1, -0.05) is 54.3 Å². The second-order valence-corrected chi connectivity index (χ2v) is 3.98. The van der Waals surface area contributed by atoms with Gasteiger partial charge in [-0.2, -0.15) is 5.53 Å². The molecule has 0 amide bonds. The zero-order chi connectivity index (χ0) is 9.52. The fourth-order valence-corrected chi connectivity index (χ4v) is 1.68. The summed E-state index contributed by atoms with van der Waals surface area (Å²) in [5.74, 6) is 5.89. The first-order valence-electron chi connectivity index (χ1n) is 3.75. The van der Waals surface area contributed by atoms with Crippen molar-refractivity contribution >= 4 is 28.3 Å². The van der Waals surface area contributed by atoms with Gasteiger partial charge >= 0.3 is 0 Å². The van der Waals surface area contributed by atoms with E-state index in [0.29, 0.717) is 4.32 Å². The van der Waals surface area contributed by atoms with Crippen LogP contribution in [0.3, 0.4) is 0 Å². The molecular formula is C8H11N3S2. The van der Waals surface area contributed by atoms with E-state index in [2.05, 4.69) is 23.1 Å². The quantitative estimate of drug-likeness (QED) is 0.400. The summed E-state index contributed by atoms with van der Waals surface area (Å²) in [4.78, 5) is 0. The fourth-order valence-electron chi connectivity index (χ4n) is 0.818. The van der Waals surface area contributed by atoms with Crippen molar-refractivity contribution in [2.75, 3.05) is 0 Å². The normalized spacial score (nSPS) is 9.62. The number of rotatable bonds is 3. The van der Waals surface area contributed by atoms with E-state index in [-0.39, 0.29) is 0 Å². The summed E-state index contributed by atoms with van der Waals surface area (Å²) in [5.41, 5.74) is 6.17. The SMILES string of the molecule is NNNC(=S)SCc1ccccc1. The van der Waals surface area contributed by atoms with E-state index in [9.17, 15) is 0 Å². The number of nitrogens with two attached hydrogens (primary N) is 1. The third kappa shape index (κ3) is 4.23. The zero-order valence-electron chi connectivity index (χ0n) is 6.99. The van der Waals surface area contributed by atoms with Crippen LogP contribution < -0.4 is 16.8 Å². The summed E-state index contributed by atoms with van der Waals surface area (Å²) in [6.45, 7) is 0. The van der Waals surface area contributed by atoms with Crippen LogP contribution in [-0.4, -0.2) is 4.32 Å². The summed E-state index contributed by atoms with van der Waals surface area (Å²) >= 11 is 6.49. The topological polar surface area (TPSA) is 50.1 Å². The van der Waals surface area contributed by atoms with Gasteiger partial charge < -0.3 is 0 Å². The Morgan fingerprint density at radius 3 is 2.69 bits per heavy atom. The maximum atomic E-state index is 5.04. The predicted octanol–water partition coefficient (Wildman–Crippen LogP) is 1.17. The highest BCUT2D eigenvalue weighted by Crippen LogP contribution is 2.11. The number of hydrogen-bond donors (Lipinski definition) is 3. The summed E-state index contributed by atoms with van der Waals surface area (Å²) in [6, 6.07) is 10.1. The monoisotopic (exact) mass is 213 g/mol.